The molecule has 4 aromatic rings. The first-order valence-electron chi connectivity index (χ1n) is 12.1. The van der Waals surface area contributed by atoms with E-state index >= 15 is 0 Å². The Kier molecular flexibility index (Phi) is 7.16. The van der Waals surface area contributed by atoms with Gasteiger partial charge < -0.3 is 10.0 Å². The van der Waals surface area contributed by atoms with E-state index in [4.69, 9.17) is 10.1 Å². The number of aromatic nitrogens is 4. The summed E-state index contributed by atoms with van der Waals surface area (Å²) in [4.78, 5) is 22.6. The topological polar surface area (TPSA) is 121 Å². The summed E-state index contributed by atoms with van der Waals surface area (Å²) in [5.74, 6) is -0.532. The van der Waals surface area contributed by atoms with Gasteiger partial charge in [-0.2, -0.15) is 9.61 Å². The van der Waals surface area contributed by atoms with Gasteiger partial charge in [0.2, 0.25) is 10.0 Å². The van der Waals surface area contributed by atoms with Gasteiger partial charge in [-0.1, -0.05) is 0 Å². The number of anilines is 2. The fourth-order valence-corrected chi connectivity index (χ4v) is 6.35. The van der Waals surface area contributed by atoms with Crippen molar-refractivity contribution in [2.24, 2.45) is 0 Å². The summed E-state index contributed by atoms with van der Waals surface area (Å²) >= 11 is 1.40. The smallest absolute Gasteiger partial charge is 0.303 e. The summed E-state index contributed by atoms with van der Waals surface area (Å²) in [6.07, 6.45) is 2.68. The second-order valence-electron chi connectivity index (χ2n) is 9.32. The van der Waals surface area contributed by atoms with Gasteiger partial charge in [0.05, 0.1) is 29.8 Å². The van der Waals surface area contributed by atoms with Crippen molar-refractivity contribution in [1.82, 2.24) is 23.9 Å². The van der Waals surface area contributed by atoms with E-state index in [1.165, 1.54) is 34.0 Å². The lowest BCUT2D eigenvalue weighted by molar-refractivity contribution is -0.136. The molecule has 0 atom stereocenters. The van der Waals surface area contributed by atoms with Crippen LogP contribution in [0.25, 0.3) is 16.9 Å². The number of nitrogens with zero attached hydrogens (tertiary/aromatic N) is 6. The molecule has 1 fully saturated rings. The molecule has 13 heteroatoms. The van der Waals surface area contributed by atoms with Crippen LogP contribution in [0.2, 0.25) is 0 Å². The van der Waals surface area contributed by atoms with Crippen molar-refractivity contribution in [3.05, 3.63) is 59.0 Å². The largest absolute Gasteiger partial charge is 0.481 e. The third kappa shape index (κ3) is 5.40. The molecule has 1 aliphatic rings. The van der Waals surface area contributed by atoms with Crippen molar-refractivity contribution in [2.45, 2.75) is 31.6 Å². The number of aryl methyl sites for hydroxylation is 1. The van der Waals surface area contributed by atoms with Crippen LogP contribution in [0.1, 0.15) is 36.6 Å². The third-order valence-corrected chi connectivity index (χ3v) is 8.92. The minimum atomic E-state index is -3.23. The van der Waals surface area contributed by atoms with Gasteiger partial charge in [0.25, 0.3) is 0 Å². The first kappa shape index (κ1) is 26.2. The van der Waals surface area contributed by atoms with Crippen molar-refractivity contribution in [3.8, 4) is 11.3 Å². The zero-order valence-corrected chi connectivity index (χ0v) is 22.5. The van der Waals surface area contributed by atoms with Crippen LogP contribution >= 0.6 is 11.3 Å². The van der Waals surface area contributed by atoms with Gasteiger partial charge in [0, 0.05) is 43.4 Å². The molecule has 0 spiro atoms. The van der Waals surface area contributed by atoms with Crippen LogP contribution in [-0.4, -0.2) is 69.8 Å². The highest BCUT2D eigenvalue weighted by Gasteiger charge is 2.28. The van der Waals surface area contributed by atoms with Crippen molar-refractivity contribution in [2.75, 3.05) is 31.3 Å². The third-order valence-electron chi connectivity index (χ3n) is 6.70. The first-order valence-corrected chi connectivity index (χ1v) is 14.8. The predicted molar refractivity (Wildman–Crippen MR) is 143 cm³/mol. The van der Waals surface area contributed by atoms with Crippen molar-refractivity contribution in [3.63, 3.8) is 0 Å². The van der Waals surface area contributed by atoms with Crippen LogP contribution in [0.3, 0.4) is 0 Å². The second-order valence-corrected chi connectivity index (χ2v) is 12.1. The average Bonchev–Trinajstić information content (AvgIpc) is 3.52. The Labute approximate surface area is 223 Å². The summed E-state index contributed by atoms with van der Waals surface area (Å²) in [5, 5.41) is 16.7. The summed E-state index contributed by atoms with van der Waals surface area (Å²) in [7, 11) is -1.39. The number of imidazole rings is 1. The highest BCUT2D eigenvalue weighted by molar-refractivity contribution is 7.88. The molecule has 0 unspecified atom stereocenters. The Morgan fingerprint density at radius 1 is 1.16 bits per heavy atom. The molecule has 5 rings (SSSR count). The number of rotatable bonds is 8. The van der Waals surface area contributed by atoms with E-state index in [-0.39, 0.29) is 24.6 Å². The zero-order valence-electron chi connectivity index (χ0n) is 20.9. The minimum absolute atomic E-state index is 0.0831. The maximum atomic E-state index is 13.4. The molecule has 1 N–H and O–H groups in total. The zero-order chi connectivity index (χ0) is 27.0. The second kappa shape index (κ2) is 10.4. The first-order chi connectivity index (χ1) is 18.1. The number of aliphatic carboxylic acids is 1. The number of sulfonamides is 1. The van der Waals surface area contributed by atoms with Gasteiger partial charge >= 0.3 is 5.97 Å². The van der Waals surface area contributed by atoms with Gasteiger partial charge in [-0.05, 0) is 49.2 Å². The summed E-state index contributed by atoms with van der Waals surface area (Å²) in [6, 6.07) is 9.88. The lowest BCUT2D eigenvalue weighted by Crippen LogP contribution is -2.37. The van der Waals surface area contributed by atoms with Crippen LogP contribution in [-0.2, 0) is 21.2 Å². The molecule has 0 amide bonds. The number of hydrogen-bond donors (Lipinski definition) is 1. The summed E-state index contributed by atoms with van der Waals surface area (Å²) < 4.78 is 40.4. The number of fused-ring (bicyclic) bond motifs is 1. The molecule has 1 saturated heterocycles. The Morgan fingerprint density at radius 3 is 2.53 bits per heavy atom. The highest BCUT2D eigenvalue weighted by Crippen LogP contribution is 2.35. The molecule has 0 radical (unpaired) electrons. The van der Waals surface area contributed by atoms with Crippen LogP contribution in [0.15, 0.2) is 41.8 Å². The lowest BCUT2D eigenvalue weighted by Gasteiger charge is -2.29. The fourth-order valence-electron chi connectivity index (χ4n) is 4.67. The number of halogens is 1. The number of carbonyl (C=O) groups is 1. The van der Waals surface area contributed by atoms with Crippen molar-refractivity contribution < 1.29 is 22.7 Å². The van der Waals surface area contributed by atoms with Gasteiger partial charge in [-0.25, -0.2) is 27.1 Å². The van der Waals surface area contributed by atoms with E-state index in [0.717, 1.165) is 11.3 Å². The number of piperidine rings is 1. The molecule has 1 aromatic carbocycles. The summed E-state index contributed by atoms with van der Waals surface area (Å²) in [6.45, 7) is 0.879. The molecule has 4 heterocycles. The van der Waals surface area contributed by atoms with E-state index in [9.17, 15) is 22.7 Å². The standard InChI is InChI=1S/C25H27FN6O4S2/c1-30(25-28-21(15-37-25)16-3-5-18(26)6-4-16)24-20(8-10-23(33)34)27-22-9-7-19(29-32(22)24)17-11-13-31(14-12-17)38(2,35)36/h3-7,9,15,17H,8,10-14H2,1-2H3,(H,33,34). The molecule has 200 valence electrons. The monoisotopic (exact) mass is 558 g/mol. The number of hydrogen-bond acceptors (Lipinski definition) is 8. The van der Waals surface area contributed by atoms with Crippen molar-refractivity contribution in [1.29, 1.82) is 0 Å². The van der Waals surface area contributed by atoms with Gasteiger partial charge in [-0.3, -0.25) is 4.79 Å². The normalized spacial score (nSPS) is 15.2. The van der Waals surface area contributed by atoms with Gasteiger partial charge in [0.15, 0.2) is 16.6 Å². The SMILES string of the molecule is CN(c1nc(-c2ccc(F)cc2)cs1)c1c(CCC(=O)O)nc2ccc(C3CCN(S(C)(=O)=O)CC3)nn12. The molecule has 0 aliphatic carbocycles. The minimum Gasteiger partial charge on any atom is -0.481 e. The molecule has 0 bridgehead atoms. The fraction of sp³-hybridized carbons (Fsp3) is 0.360. The Balaban J connectivity index is 1.49. The highest BCUT2D eigenvalue weighted by atomic mass is 32.2. The van der Waals surface area contributed by atoms with Crippen LogP contribution in [0.5, 0.6) is 0 Å². The Hall–Kier alpha value is -3.42. The number of thiazole rings is 1. The molecule has 1 aliphatic heterocycles. The predicted octanol–water partition coefficient (Wildman–Crippen LogP) is 3.92. The van der Waals surface area contributed by atoms with Crippen LogP contribution in [0, 0.1) is 5.82 Å². The molecular formula is C25H27FN6O4S2. The molecule has 10 nitrogen and oxygen atoms in total. The van der Waals surface area contributed by atoms with Crippen molar-refractivity contribution >= 4 is 43.9 Å². The average molecular weight is 559 g/mol. The van der Waals surface area contributed by atoms with E-state index < -0.39 is 16.0 Å². The Bertz CT molecular complexity index is 1580. The molecule has 3 aromatic heterocycles. The van der Waals surface area contributed by atoms with E-state index in [2.05, 4.69) is 4.98 Å². The molecular weight excluding hydrogens is 531 g/mol. The Morgan fingerprint density at radius 2 is 1.87 bits per heavy atom. The quantitative estimate of drug-likeness (QED) is 0.346. The number of carboxylic acid groups (broad SMARTS) is 1. The maximum absolute atomic E-state index is 13.4. The van der Waals surface area contributed by atoms with E-state index in [0.29, 0.717) is 53.9 Å². The van der Waals surface area contributed by atoms with Crippen LogP contribution in [0.4, 0.5) is 15.3 Å². The van der Waals surface area contributed by atoms with Gasteiger partial charge in [-0.15, -0.1) is 11.3 Å². The maximum Gasteiger partial charge on any atom is 0.303 e. The number of carboxylic acids is 1. The number of benzene rings is 1. The molecule has 0 saturated carbocycles. The van der Waals surface area contributed by atoms with E-state index in [1.807, 2.05) is 29.5 Å². The van der Waals surface area contributed by atoms with Gasteiger partial charge in [0.1, 0.15) is 5.82 Å². The lowest BCUT2D eigenvalue weighted by atomic mass is 9.94. The van der Waals surface area contributed by atoms with E-state index in [1.54, 1.807) is 16.6 Å². The van der Waals surface area contributed by atoms with Crippen LogP contribution < -0.4 is 4.90 Å². The molecule has 38 heavy (non-hydrogen) atoms. The summed E-state index contributed by atoms with van der Waals surface area (Å²) in [5.41, 5.74) is 3.48.